The summed E-state index contributed by atoms with van der Waals surface area (Å²) < 4.78 is 0. The number of anilines is 1. The second-order valence-corrected chi connectivity index (χ2v) is 6.01. The molecule has 4 rings (SSSR count). The first-order valence-electron chi connectivity index (χ1n) is 7.34. The third-order valence-corrected chi connectivity index (χ3v) is 4.37. The average molecular weight is 318 g/mol. The number of thiophene rings is 1. The monoisotopic (exact) mass is 318 g/mol. The van der Waals surface area contributed by atoms with Gasteiger partial charge in [0.2, 0.25) is 0 Å². The van der Waals surface area contributed by atoms with Gasteiger partial charge in [0.15, 0.2) is 5.82 Å². The quantitative estimate of drug-likeness (QED) is 0.607. The molecular weight excluding hydrogens is 304 g/mol. The maximum absolute atomic E-state index is 4.72. The maximum Gasteiger partial charge on any atom is 0.172 e. The van der Waals surface area contributed by atoms with Crippen molar-refractivity contribution in [2.45, 2.75) is 6.54 Å². The van der Waals surface area contributed by atoms with Gasteiger partial charge >= 0.3 is 0 Å². The lowest BCUT2D eigenvalue weighted by molar-refractivity contribution is 1.03. The Morgan fingerprint density at radius 2 is 1.83 bits per heavy atom. The highest BCUT2D eigenvalue weighted by atomic mass is 32.1. The number of hydrogen-bond donors (Lipinski definition) is 1. The first kappa shape index (κ1) is 13.8. The highest BCUT2D eigenvalue weighted by Crippen LogP contribution is 2.27. The van der Waals surface area contributed by atoms with Crippen molar-refractivity contribution < 1.29 is 0 Å². The molecule has 0 saturated carbocycles. The van der Waals surface area contributed by atoms with Crippen molar-refractivity contribution in [3.63, 3.8) is 0 Å². The summed E-state index contributed by atoms with van der Waals surface area (Å²) in [6.07, 6.45) is 1.80. The van der Waals surface area contributed by atoms with Gasteiger partial charge in [-0.1, -0.05) is 24.3 Å². The zero-order chi connectivity index (χ0) is 15.5. The first-order valence-corrected chi connectivity index (χ1v) is 8.22. The topological polar surface area (TPSA) is 50.7 Å². The van der Waals surface area contributed by atoms with E-state index in [1.54, 1.807) is 17.5 Å². The van der Waals surface area contributed by atoms with Gasteiger partial charge in [-0.2, -0.15) is 0 Å². The van der Waals surface area contributed by atoms with Crippen LogP contribution in [-0.4, -0.2) is 15.0 Å². The summed E-state index contributed by atoms with van der Waals surface area (Å²) in [5.41, 5.74) is 1.92. The van der Waals surface area contributed by atoms with Crippen LogP contribution in [0.25, 0.3) is 21.6 Å². The Bertz CT molecular complexity index is 920. The number of para-hydroxylation sites is 1. The molecule has 0 aliphatic rings. The van der Waals surface area contributed by atoms with Crippen LogP contribution in [0.15, 0.2) is 66.2 Å². The lowest BCUT2D eigenvalue weighted by atomic mass is 10.2. The van der Waals surface area contributed by atoms with E-state index >= 15 is 0 Å². The van der Waals surface area contributed by atoms with Gasteiger partial charge < -0.3 is 5.32 Å². The number of nitrogens with zero attached hydrogens (tertiary/aromatic N) is 3. The fraction of sp³-hybridized carbons (Fsp3) is 0.0556. The van der Waals surface area contributed by atoms with E-state index in [2.05, 4.69) is 15.3 Å². The molecule has 0 atom stereocenters. The van der Waals surface area contributed by atoms with Gasteiger partial charge in [-0.25, -0.2) is 9.97 Å². The molecule has 3 heterocycles. The average Bonchev–Trinajstić information content (AvgIpc) is 3.15. The van der Waals surface area contributed by atoms with E-state index in [0.717, 1.165) is 33.1 Å². The van der Waals surface area contributed by atoms with E-state index < -0.39 is 0 Å². The third kappa shape index (κ3) is 2.91. The van der Waals surface area contributed by atoms with Crippen LogP contribution in [0, 0.1) is 0 Å². The molecule has 0 unspecified atom stereocenters. The molecule has 23 heavy (non-hydrogen) atoms. The smallest absolute Gasteiger partial charge is 0.172 e. The van der Waals surface area contributed by atoms with Crippen LogP contribution >= 0.6 is 11.3 Å². The standard InChI is InChI=1S/C18H14N4S/c1-2-8-15-14(7-1)17(20-12-13-6-3-4-10-19-13)22-18(21-15)16-9-5-11-23-16/h1-11H,12H2,(H,20,21,22). The van der Waals surface area contributed by atoms with Crippen LogP contribution in [0.5, 0.6) is 0 Å². The van der Waals surface area contributed by atoms with Gasteiger partial charge in [0.05, 0.1) is 22.6 Å². The zero-order valence-corrected chi connectivity index (χ0v) is 13.1. The first-order chi connectivity index (χ1) is 11.4. The number of fused-ring (bicyclic) bond motifs is 1. The van der Waals surface area contributed by atoms with Gasteiger partial charge in [0.1, 0.15) is 5.82 Å². The summed E-state index contributed by atoms with van der Waals surface area (Å²) in [4.78, 5) is 14.8. The number of aromatic nitrogens is 3. The Kier molecular flexibility index (Phi) is 3.70. The molecule has 112 valence electrons. The lowest BCUT2D eigenvalue weighted by Gasteiger charge is -2.10. The molecule has 0 radical (unpaired) electrons. The van der Waals surface area contributed by atoms with E-state index in [-0.39, 0.29) is 0 Å². The molecule has 0 aliphatic heterocycles. The minimum absolute atomic E-state index is 0.631. The van der Waals surface area contributed by atoms with Crippen molar-refractivity contribution in [3.8, 4) is 10.7 Å². The van der Waals surface area contributed by atoms with Crippen LogP contribution in [0.1, 0.15) is 5.69 Å². The van der Waals surface area contributed by atoms with Crippen molar-refractivity contribution in [2.75, 3.05) is 5.32 Å². The van der Waals surface area contributed by atoms with Crippen LogP contribution in [0.4, 0.5) is 5.82 Å². The summed E-state index contributed by atoms with van der Waals surface area (Å²) in [6, 6.07) is 18.0. The highest BCUT2D eigenvalue weighted by molar-refractivity contribution is 7.13. The molecule has 4 aromatic rings. The normalized spacial score (nSPS) is 10.8. The number of pyridine rings is 1. The zero-order valence-electron chi connectivity index (χ0n) is 12.3. The van der Waals surface area contributed by atoms with E-state index in [4.69, 9.17) is 4.98 Å². The summed E-state index contributed by atoms with van der Waals surface area (Å²) in [6.45, 7) is 0.631. The van der Waals surface area contributed by atoms with E-state index in [1.807, 2.05) is 60.0 Å². The molecule has 0 aliphatic carbocycles. The third-order valence-electron chi connectivity index (χ3n) is 3.51. The minimum Gasteiger partial charge on any atom is -0.364 e. The van der Waals surface area contributed by atoms with E-state index in [1.165, 1.54) is 0 Å². The Hall–Kier alpha value is -2.79. The molecule has 0 saturated heterocycles. The second kappa shape index (κ2) is 6.14. The SMILES string of the molecule is c1ccc(CNc2nc(-c3cccs3)nc3ccccc23)nc1. The van der Waals surface area contributed by atoms with Crippen molar-refractivity contribution in [1.29, 1.82) is 0 Å². The van der Waals surface area contributed by atoms with Crippen molar-refractivity contribution in [2.24, 2.45) is 0 Å². The number of hydrogen-bond acceptors (Lipinski definition) is 5. The van der Waals surface area contributed by atoms with Crippen molar-refractivity contribution in [1.82, 2.24) is 15.0 Å². The summed E-state index contributed by atoms with van der Waals surface area (Å²) in [5.74, 6) is 1.59. The molecule has 5 heteroatoms. The molecule has 0 spiro atoms. The lowest BCUT2D eigenvalue weighted by Crippen LogP contribution is -2.05. The number of benzene rings is 1. The predicted molar refractivity (Wildman–Crippen MR) is 94.4 cm³/mol. The van der Waals surface area contributed by atoms with Crippen molar-refractivity contribution >= 4 is 28.1 Å². The molecule has 0 bridgehead atoms. The van der Waals surface area contributed by atoms with Crippen LogP contribution in [0.3, 0.4) is 0 Å². The van der Waals surface area contributed by atoms with Crippen LogP contribution in [-0.2, 0) is 6.54 Å². The Morgan fingerprint density at radius 1 is 0.913 bits per heavy atom. The maximum atomic E-state index is 4.72. The molecule has 3 aromatic heterocycles. The minimum atomic E-state index is 0.631. The second-order valence-electron chi connectivity index (χ2n) is 5.06. The molecule has 4 nitrogen and oxygen atoms in total. The Morgan fingerprint density at radius 3 is 2.65 bits per heavy atom. The fourth-order valence-electron chi connectivity index (χ4n) is 2.40. The van der Waals surface area contributed by atoms with Gasteiger partial charge in [0, 0.05) is 11.6 Å². The summed E-state index contributed by atoms with van der Waals surface area (Å²) >= 11 is 1.64. The predicted octanol–water partition coefficient (Wildman–Crippen LogP) is 4.37. The largest absolute Gasteiger partial charge is 0.364 e. The van der Waals surface area contributed by atoms with E-state index in [0.29, 0.717) is 6.54 Å². The van der Waals surface area contributed by atoms with Gasteiger partial charge in [0.25, 0.3) is 0 Å². The van der Waals surface area contributed by atoms with Crippen molar-refractivity contribution in [3.05, 3.63) is 71.9 Å². The molecular formula is C18H14N4S. The number of nitrogens with one attached hydrogen (secondary N) is 1. The Balaban J connectivity index is 1.74. The van der Waals surface area contributed by atoms with Crippen LogP contribution < -0.4 is 5.32 Å². The highest BCUT2D eigenvalue weighted by Gasteiger charge is 2.09. The van der Waals surface area contributed by atoms with Gasteiger partial charge in [-0.15, -0.1) is 11.3 Å². The molecule has 1 N–H and O–H groups in total. The van der Waals surface area contributed by atoms with Gasteiger partial charge in [-0.3, -0.25) is 4.98 Å². The summed E-state index contributed by atoms with van der Waals surface area (Å²) in [7, 11) is 0. The summed E-state index contributed by atoms with van der Waals surface area (Å²) in [5, 5.41) is 6.45. The molecule has 1 aromatic carbocycles. The van der Waals surface area contributed by atoms with E-state index in [9.17, 15) is 0 Å². The fourth-order valence-corrected chi connectivity index (χ4v) is 3.06. The van der Waals surface area contributed by atoms with Crippen LogP contribution in [0.2, 0.25) is 0 Å². The number of rotatable bonds is 4. The molecule has 0 amide bonds. The Labute approximate surface area is 137 Å². The molecule has 0 fully saturated rings. The van der Waals surface area contributed by atoms with Gasteiger partial charge in [-0.05, 0) is 35.7 Å².